The molecule has 0 fully saturated rings. The monoisotopic (exact) mass is 513 g/mol. The van der Waals surface area contributed by atoms with Crippen LogP contribution in [0.25, 0.3) is 0 Å². The number of carbonyl (C=O) groups is 1. The van der Waals surface area contributed by atoms with Gasteiger partial charge in [0, 0.05) is 11.8 Å². The Labute approximate surface area is 214 Å². The number of hydrogen-bond acceptors (Lipinski definition) is 4. The van der Waals surface area contributed by atoms with E-state index in [1.807, 2.05) is 37.3 Å². The van der Waals surface area contributed by atoms with Gasteiger partial charge in [0.15, 0.2) is 5.60 Å². The molecule has 0 bridgehead atoms. The number of hydrogen-bond donors (Lipinski definition) is 1. The number of alkyl halides is 3. The highest BCUT2D eigenvalue weighted by molar-refractivity contribution is 5.98. The van der Waals surface area contributed by atoms with Crippen molar-refractivity contribution in [1.29, 1.82) is 0 Å². The van der Waals surface area contributed by atoms with Crippen molar-refractivity contribution >= 4 is 11.6 Å². The van der Waals surface area contributed by atoms with Crippen LogP contribution in [0.5, 0.6) is 11.5 Å². The maximum atomic E-state index is 13.8. The Morgan fingerprint density at radius 1 is 1.03 bits per heavy atom. The molecule has 3 unspecified atom stereocenters. The third-order valence-corrected chi connectivity index (χ3v) is 6.89. The second-order valence-corrected chi connectivity index (χ2v) is 9.45. The molecule has 3 aromatic rings. The molecule has 8 heteroatoms. The Hall–Kier alpha value is -3.52. The van der Waals surface area contributed by atoms with Crippen LogP contribution < -0.4 is 14.4 Å². The van der Waals surface area contributed by atoms with Crippen LogP contribution in [0, 0.1) is 0 Å². The van der Waals surface area contributed by atoms with Crippen molar-refractivity contribution in [2.45, 2.75) is 50.5 Å². The van der Waals surface area contributed by atoms with Crippen LogP contribution in [0.2, 0.25) is 0 Å². The Morgan fingerprint density at radius 2 is 1.73 bits per heavy atom. The molecule has 5 nitrogen and oxygen atoms in total. The summed E-state index contributed by atoms with van der Waals surface area (Å²) in [4.78, 5) is 15.4. The normalized spacial score (nSPS) is 18.2. The van der Waals surface area contributed by atoms with Gasteiger partial charge < -0.3 is 19.5 Å². The topological polar surface area (TPSA) is 59.0 Å². The molecule has 0 aliphatic carbocycles. The summed E-state index contributed by atoms with van der Waals surface area (Å²) in [7, 11) is 1.56. The minimum atomic E-state index is -4.85. The number of methoxy groups -OCH3 is 1. The third kappa shape index (κ3) is 5.59. The van der Waals surface area contributed by atoms with Crippen LogP contribution in [0.4, 0.5) is 18.9 Å². The SMILES string of the molecule is COc1cccc(OC2CCc3cc(C(C)(O)C(F)(F)F)ccc3N(C(=O)C(C)c3ccccc3)C2)c1. The maximum Gasteiger partial charge on any atom is 0.421 e. The number of ether oxygens (including phenoxy) is 2. The zero-order valence-electron chi connectivity index (χ0n) is 21.0. The Morgan fingerprint density at radius 3 is 2.41 bits per heavy atom. The number of fused-ring (bicyclic) bond motifs is 1. The number of amides is 1. The minimum absolute atomic E-state index is 0.191. The van der Waals surface area contributed by atoms with Gasteiger partial charge in [0.1, 0.15) is 17.6 Å². The predicted molar refractivity (Wildman–Crippen MR) is 135 cm³/mol. The molecule has 0 saturated heterocycles. The molecule has 1 aliphatic heterocycles. The van der Waals surface area contributed by atoms with Gasteiger partial charge in [-0.15, -0.1) is 0 Å². The molecule has 0 aromatic heterocycles. The van der Waals surface area contributed by atoms with Gasteiger partial charge in [-0.05, 0) is 61.6 Å². The molecule has 3 atom stereocenters. The molecule has 3 aromatic carbocycles. The molecule has 196 valence electrons. The van der Waals surface area contributed by atoms with Crippen molar-refractivity contribution in [3.8, 4) is 11.5 Å². The molecule has 1 aliphatic rings. The van der Waals surface area contributed by atoms with Gasteiger partial charge in [-0.25, -0.2) is 0 Å². The van der Waals surface area contributed by atoms with Gasteiger partial charge in [0.2, 0.25) is 5.91 Å². The van der Waals surface area contributed by atoms with Crippen LogP contribution in [0.1, 0.15) is 42.9 Å². The first kappa shape index (κ1) is 26.5. The highest BCUT2D eigenvalue weighted by atomic mass is 19.4. The summed E-state index contributed by atoms with van der Waals surface area (Å²) >= 11 is 0. The van der Waals surface area contributed by atoms with E-state index in [1.54, 1.807) is 36.3 Å². The van der Waals surface area contributed by atoms with E-state index in [1.165, 1.54) is 18.2 Å². The average molecular weight is 514 g/mol. The summed E-state index contributed by atoms with van der Waals surface area (Å²) in [6.45, 7) is 2.76. The Balaban J connectivity index is 1.71. The fraction of sp³-hybridized carbons (Fsp3) is 0.345. The van der Waals surface area contributed by atoms with Gasteiger partial charge in [-0.3, -0.25) is 4.79 Å². The van der Waals surface area contributed by atoms with Crippen molar-refractivity contribution in [3.05, 3.63) is 89.5 Å². The largest absolute Gasteiger partial charge is 0.497 e. The van der Waals surface area contributed by atoms with Crippen LogP contribution in [0.3, 0.4) is 0 Å². The Kier molecular flexibility index (Phi) is 7.50. The molecular formula is C29H30F3NO4. The van der Waals surface area contributed by atoms with Gasteiger partial charge in [0.05, 0.1) is 19.6 Å². The number of benzene rings is 3. The number of rotatable bonds is 6. The van der Waals surface area contributed by atoms with Gasteiger partial charge >= 0.3 is 6.18 Å². The average Bonchev–Trinajstić information content (AvgIpc) is 3.07. The van der Waals surface area contributed by atoms with E-state index < -0.39 is 23.8 Å². The first-order chi connectivity index (χ1) is 17.5. The summed E-state index contributed by atoms with van der Waals surface area (Å²) in [5.41, 5.74) is -1.38. The summed E-state index contributed by atoms with van der Waals surface area (Å²) in [6.07, 6.45) is -4.43. The third-order valence-electron chi connectivity index (χ3n) is 6.89. The highest BCUT2D eigenvalue weighted by Gasteiger charge is 2.51. The lowest BCUT2D eigenvalue weighted by Gasteiger charge is -2.31. The number of carbonyl (C=O) groups excluding carboxylic acids is 1. The Bertz CT molecular complexity index is 1240. The summed E-state index contributed by atoms with van der Waals surface area (Å²) in [6, 6.07) is 20.5. The predicted octanol–water partition coefficient (Wildman–Crippen LogP) is 6.00. The number of aryl methyl sites for hydroxylation is 1. The second-order valence-electron chi connectivity index (χ2n) is 9.45. The molecule has 1 amide bonds. The molecule has 1 N–H and O–H groups in total. The fourth-order valence-corrected chi connectivity index (χ4v) is 4.52. The lowest BCUT2D eigenvalue weighted by atomic mass is 9.91. The zero-order chi connectivity index (χ0) is 26.8. The van der Waals surface area contributed by atoms with Crippen molar-refractivity contribution in [2.24, 2.45) is 0 Å². The molecule has 1 heterocycles. The zero-order valence-corrected chi connectivity index (χ0v) is 21.0. The second kappa shape index (κ2) is 10.5. The van der Waals surface area contributed by atoms with Crippen molar-refractivity contribution in [2.75, 3.05) is 18.6 Å². The maximum absolute atomic E-state index is 13.8. The van der Waals surface area contributed by atoms with E-state index in [9.17, 15) is 23.1 Å². The van der Waals surface area contributed by atoms with E-state index >= 15 is 0 Å². The van der Waals surface area contributed by atoms with Gasteiger partial charge in [-0.1, -0.05) is 48.5 Å². The number of nitrogens with zero attached hydrogens (tertiary/aromatic N) is 1. The van der Waals surface area contributed by atoms with Crippen LogP contribution in [0.15, 0.2) is 72.8 Å². The molecule has 0 spiro atoms. The fourth-order valence-electron chi connectivity index (χ4n) is 4.52. The molecule has 37 heavy (non-hydrogen) atoms. The van der Waals surface area contributed by atoms with Crippen molar-refractivity contribution < 1.29 is 32.5 Å². The first-order valence-corrected chi connectivity index (χ1v) is 12.1. The molecule has 0 radical (unpaired) electrons. The molecule has 0 saturated carbocycles. The summed E-state index contributed by atoms with van der Waals surface area (Å²) in [5.74, 6) is 0.519. The van der Waals surface area contributed by atoms with E-state index in [0.717, 1.165) is 12.5 Å². The lowest BCUT2D eigenvalue weighted by molar-refractivity contribution is -0.258. The van der Waals surface area contributed by atoms with Crippen LogP contribution in [-0.4, -0.2) is 36.9 Å². The molecule has 4 rings (SSSR count). The van der Waals surface area contributed by atoms with Gasteiger partial charge in [-0.2, -0.15) is 13.2 Å². The smallest absolute Gasteiger partial charge is 0.421 e. The van der Waals surface area contributed by atoms with Crippen LogP contribution in [-0.2, 0) is 16.8 Å². The van der Waals surface area contributed by atoms with Crippen LogP contribution >= 0.6 is 0 Å². The summed E-state index contributed by atoms with van der Waals surface area (Å²) < 4.78 is 52.1. The quantitative estimate of drug-likeness (QED) is 0.440. The first-order valence-electron chi connectivity index (χ1n) is 12.1. The van der Waals surface area contributed by atoms with E-state index in [0.29, 0.717) is 35.6 Å². The minimum Gasteiger partial charge on any atom is -0.497 e. The standard InChI is InChI=1S/C29H30F3NO4/c1-19(20-8-5-4-6-9-20)27(34)33-18-25(37-24-11-7-10-23(17-24)36-3)14-12-21-16-22(13-15-26(21)33)28(2,35)29(30,31)32/h4-11,13,15-17,19,25,35H,12,14,18H2,1-3H3. The number of aliphatic hydroxyl groups is 1. The highest BCUT2D eigenvalue weighted by Crippen LogP contribution is 2.41. The number of halogens is 3. The number of anilines is 1. The van der Waals surface area contributed by atoms with E-state index in [2.05, 4.69) is 0 Å². The lowest BCUT2D eigenvalue weighted by Crippen LogP contribution is -2.41. The van der Waals surface area contributed by atoms with Crippen molar-refractivity contribution in [3.63, 3.8) is 0 Å². The van der Waals surface area contributed by atoms with Crippen molar-refractivity contribution in [1.82, 2.24) is 0 Å². The van der Waals surface area contributed by atoms with Gasteiger partial charge in [0.25, 0.3) is 0 Å². The molecular weight excluding hydrogens is 483 g/mol. The summed E-state index contributed by atoms with van der Waals surface area (Å²) in [5, 5.41) is 10.3. The van der Waals surface area contributed by atoms with E-state index in [-0.39, 0.29) is 18.0 Å². The van der Waals surface area contributed by atoms with E-state index in [4.69, 9.17) is 9.47 Å².